The predicted molar refractivity (Wildman–Crippen MR) is 110 cm³/mol. The molecule has 0 fully saturated rings. The fourth-order valence-electron chi connectivity index (χ4n) is 3.21. The van der Waals surface area contributed by atoms with Crippen LogP contribution < -0.4 is 10.6 Å². The summed E-state index contributed by atoms with van der Waals surface area (Å²) < 4.78 is 5.79. The molecule has 0 aliphatic heterocycles. The largest absolute Gasteiger partial charge is 0.456 e. The summed E-state index contributed by atoms with van der Waals surface area (Å²) in [6, 6.07) is 20.7. The number of carbonyl (C=O) groups is 2. The second-order valence-corrected chi connectivity index (χ2v) is 6.73. The van der Waals surface area contributed by atoms with E-state index >= 15 is 0 Å². The zero-order valence-corrected chi connectivity index (χ0v) is 15.5. The van der Waals surface area contributed by atoms with Crippen molar-refractivity contribution < 1.29 is 14.0 Å². The summed E-state index contributed by atoms with van der Waals surface area (Å²) in [4.78, 5) is 24.4. The third kappa shape index (κ3) is 3.74. The van der Waals surface area contributed by atoms with Gasteiger partial charge in [0, 0.05) is 35.0 Å². The molecule has 3 aromatic carbocycles. The Labute approximate surface area is 162 Å². The van der Waals surface area contributed by atoms with Gasteiger partial charge in [0.25, 0.3) is 5.91 Å². The predicted octanol–water partition coefficient (Wildman–Crippen LogP) is 4.65. The minimum Gasteiger partial charge on any atom is -0.456 e. The lowest BCUT2D eigenvalue weighted by molar-refractivity contribution is -0.116. The average molecular weight is 372 g/mol. The van der Waals surface area contributed by atoms with Crippen molar-refractivity contribution in [1.29, 1.82) is 0 Å². The molecule has 0 aliphatic rings. The molecule has 0 bridgehead atoms. The van der Waals surface area contributed by atoms with Gasteiger partial charge in [0.1, 0.15) is 11.2 Å². The summed E-state index contributed by atoms with van der Waals surface area (Å²) in [5.41, 5.74) is 3.92. The quantitative estimate of drug-likeness (QED) is 0.535. The van der Waals surface area contributed by atoms with E-state index < -0.39 is 0 Å². The van der Waals surface area contributed by atoms with Crippen LogP contribution in [0.1, 0.15) is 22.3 Å². The summed E-state index contributed by atoms with van der Waals surface area (Å²) in [5, 5.41) is 7.63. The van der Waals surface area contributed by atoms with Gasteiger partial charge in [0.05, 0.1) is 0 Å². The summed E-state index contributed by atoms with van der Waals surface area (Å²) >= 11 is 0. The van der Waals surface area contributed by atoms with E-state index in [9.17, 15) is 9.59 Å². The molecule has 0 aliphatic carbocycles. The standard InChI is InChI=1S/C23H20N2O3/c1-15-5-4-6-16(13-15)23(27)24-12-11-22(26)25-17-9-10-21-19(14-17)18-7-2-3-8-20(18)28-21/h2-10,13-14H,11-12H2,1H3,(H,24,27)(H,25,26). The van der Waals surface area contributed by atoms with Gasteiger partial charge in [-0.1, -0.05) is 35.9 Å². The molecule has 140 valence electrons. The molecular weight excluding hydrogens is 352 g/mol. The molecule has 4 rings (SSSR count). The Balaban J connectivity index is 1.37. The first-order chi connectivity index (χ1) is 13.6. The smallest absolute Gasteiger partial charge is 0.251 e. The molecule has 28 heavy (non-hydrogen) atoms. The van der Waals surface area contributed by atoms with Crippen molar-refractivity contribution in [3.63, 3.8) is 0 Å². The van der Waals surface area contributed by atoms with E-state index in [0.717, 1.165) is 27.5 Å². The van der Waals surface area contributed by atoms with E-state index in [0.29, 0.717) is 11.3 Å². The van der Waals surface area contributed by atoms with Crippen molar-refractivity contribution in [3.8, 4) is 0 Å². The number of aryl methyl sites for hydroxylation is 1. The van der Waals surface area contributed by atoms with Crippen molar-refractivity contribution in [1.82, 2.24) is 5.32 Å². The number of furan rings is 1. The molecule has 0 unspecified atom stereocenters. The van der Waals surface area contributed by atoms with E-state index in [-0.39, 0.29) is 24.8 Å². The van der Waals surface area contributed by atoms with E-state index in [2.05, 4.69) is 10.6 Å². The number of anilines is 1. The molecule has 0 atom stereocenters. The number of carbonyl (C=O) groups excluding carboxylic acids is 2. The number of para-hydroxylation sites is 1. The van der Waals surface area contributed by atoms with Crippen LogP contribution in [0.3, 0.4) is 0 Å². The molecule has 5 heteroatoms. The molecule has 0 saturated carbocycles. The second kappa shape index (κ2) is 7.56. The van der Waals surface area contributed by atoms with Crippen LogP contribution in [0, 0.1) is 6.92 Å². The number of hydrogen-bond acceptors (Lipinski definition) is 3. The highest BCUT2D eigenvalue weighted by Gasteiger charge is 2.10. The Bertz CT molecular complexity index is 1180. The highest BCUT2D eigenvalue weighted by atomic mass is 16.3. The Morgan fingerprint density at radius 2 is 1.71 bits per heavy atom. The van der Waals surface area contributed by atoms with Gasteiger partial charge >= 0.3 is 0 Å². The van der Waals surface area contributed by atoms with Gasteiger partial charge in [-0.15, -0.1) is 0 Å². The normalized spacial score (nSPS) is 10.9. The number of benzene rings is 3. The molecule has 2 amide bonds. The van der Waals surface area contributed by atoms with E-state index in [1.54, 1.807) is 6.07 Å². The van der Waals surface area contributed by atoms with Gasteiger partial charge in [0.15, 0.2) is 0 Å². The fraction of sp³-hybridized carbons (Fsp3) is 0.130. The van der Waals surface area contributed by atoms with Gasteiger partial charge < -0.3 is 15.1 Å². The maximum Gasteiger partial charge on any atom is 0.251 e. The van der Waals surface area contributed by atoms with Crippen LogP contribution in [0.4, 0.5) is 5.69 Å². The molecule has 0 radical (unpaired) electrons. The Morgan fingerprint density at radius 1 is 0.893 bits per heavy atom. The van der Waals surface area contributed by atoms with Crippen molar-refractivity contribution in [2.24, 2.45) is 0 Å². The van der Waals surface area contributed by atoms with E-state index in [4.69, 9.17) is 4.42 Å². The van der Waals surface area contributed by atoms with Crippen LogP contribution in [-0.4, -0.2) is 18.4 Å². The lowest BCUT2D eigenvalue weighted by Gasteiger charge is -2.07. The molecule has 4 aromatic rings. The van der Waals surface area contributed by atoms with E-state index in [1.807, 2.05) is 67.6 Å². The molecule has 0 spiro atoms. The number of hydrogen-bond donors (Lipinski definition) is 2. The van der Waals surface area contributed by atoms with Gasteiger partial charge in [-0.2, -0.15) is 0 Å². The van der Waals surface area contributed by atoms with Crippen LogP contribution >= 0.6 is 0 Å². The fourth-order valence-corrected chi connectivity index (χ4v) is 3.21. The maximum atomic E-state index is 12.2. The number of nitrogens with one attached hydrogen (secondary N) is 2. The van der Waals surface area contributed by atoms with Gasteiger partial charge in [-0.3, -0.25) is 9.59 Å². The first kappa shape index (κ1) is 17.8. The van der Waals surface area contributed by atoms with Gasteiger partial charge in [0.2, 0.25) is 5.91 Å². The molecule has 0 saturated heterocycles. The third-order valence-corrected chi connectivity index (χ3v) is 4.58. The Kier molecular flexibility index (Phi) is 4.81. The first-order valence-electron chi connectivity index (χ1n) is 9.16. The lowest BCUT2D eigenvalue weighted by atomic mass is 10.1. The van der Waals surface area contributed by atoms with Crippen molar-refractivity contribution in [3.05, 3.63) is 77.9 Å². The van der Waals surface area contributed by atoms with Crippen LogP contribution in [0.2, 0.25) is 0 Å². The minimum atomic E-state index is -0.178. The number of rotatable bonds is 5. The van der Waals surface area contributed by atoms with Gasteiger partial charge in [-0.05, 0) is 43.3 Å². The number of fused-ring (bicyclic) bond motifs is 3. The summed E-state index contributed by atoms with van der Waals surface area (Å²) in [6.45, 7) is 2.21. The summed E-state index contributed by atoms with van der Waals surface area (Å²) in [7, 11) is 0. The Hall–Kier alpha value is -3.60. The number of amides is 2. The van der Waals surface area contributed by atoms with Crippen molar-refractivity contribution in [2.45, 2.75) is 13.3 Å². The Morgan fingerprint density at radius 3 is 2.57 bits per heavy atom. The SMILES string of the molecule is Cc1cccc(C(=O)NCCC(=O)Nc2ccc3oc4ccccc4c3c2)c1. The van der Waals surface area contributed by atoms with Crippen LogP contribution in [-0.2, 0) is 4.79 Å². The zero-order chi connectivity index (χ0) is 19.5. The van der Waals surface area contributed by atoms with Crippen LogP contribution in [0.25, 0.3) is 21.9 Å². The lowest BCUT2D eigenvalue weighted by Crippen LogP contribution is -2.27. The van der Waals surface area contributed by atoms with Crippen molar-refractivity contribution in [2.75, 3.05) is 11.9 Å². The molecular formula is C23H20N2O3. The van der Waals surface area contributed by atoms with Gasteiger partial charge in [-0.25, -0.2) is 0 Å². The average Bonchev–Trinajstić information content (AvgIpc) is 3.06. The third-order valence-electron chi connectivity index (χ3n) is 4.58. The van der Waals surface area contributed by atoms with E-state index in [1.165, 1.54) is 0 Å². The van der Waals surface area contributed by atoms with Crippen LogP contribution in [0.5, 0.6) is 0 Å². The topological polar surface area (TPSA) is 71.3 Å². The zero-order valence-electron chi connectivity index (χ0n) is 15.5. The molecule has 5 nitrogen and oxygen atoms in total. The second-order valence-electron chi connectivity index (χ2n) is 6.73. The monoisotopic (exact) mass is 372 g/mol. The van der Waals surface area contributed by atoms with Crippen LogP contribution in [0.15, 0.2) is 71.1 Å². The molecule has 1 heterocycles. The van der Waals surface area contributed by atoms with Crippen molar-refractivity contribution >= 4 is 39.4 Å². The highest BCUT2D eigenvalue weighted by molar-refractivity contribution is 6.07. The first-order valence-corrected chi connectivity index (χ1v) is 9.16. The highest BCUT2D eigenvalue weighted by Crippen LogP contribution is 2.30. The minimum absolute atomic E-state index is 0.156. The molecule has 1 aromatic heterocycles. The maximum absolute atomic E-state index is 12.2. The molecule has 2 N–H and O–H groups in total. The summed E-state index contributed by atoms with van der Waals surface area (Å²) in [5.74, 6) is -0.334. The summed E-state index contributed by atoms with van der Waals surface area (Å²) in [6.07, 6.45) is 0.196.